The van der Waals surface area contributed by atoms with Crippen molar-refractivity contribution in [3.05, 3.63) is 98.7 Å². The zero-order valence-corrected chi connectivity index (χ0v) is 20.4. The van der Waals surface area contributed by atoms with E-state index in [4.69, 9.17) is 4.74 Å². The number of aliphatic hydroxyl groups is 1. The molecule has 0 saturated heterocycles. The van der Waals surface area contributed by atoms with Crippen LogP contribution in [0.5, 0.6) is 5.75 Å². The Morgan fingerprint density at radius 1 is 1.19 bits per heavy atom. The van der Waals surface area contributed by atoms with Gasteiger partial charge in [-0.15, -0.1) is 5.10 Å². The monoisotopic (exact) mass is 505 g/mol. The number of benzene rings is 2. The van der Waals surface area contributed by atoms with E-state index in [0.29, 0.717) is 30.2 Å². The van der Waals surface area contributed by atoms with Gasteiger partial charge < -0.3 is 9.84 Å². The summed E-state index contributed by atoms with van der Waals surface area (Å²) in [6, 6.07) is 13.3. The third kappa shape index (κ3) is 5.54. The molecule has 0 unspecified atom stereocenters. The van der Waals surface area contributed by atoms with Gasteiger partial charge in [-0.2, -0.15) is 0 Å². The molecule has 1 saturated carbocycles. The van der Waals surface area contributed by atoms with Gasteiger partial charge >= 0.3 is 5.69 Å². The van der Waals surface area contributed by atoms with Crippen molar-refractivity contribution in [1.82, 2.24) is 24.5 Å². The van der Waals surface area contributed by atoms with E-state index >= 15 is 0 Å². The molecule has 9 nitrogen and oxygen atoms in total. The fourth-order valence-electron chi connectivity index (χ4n) is 4.24. The molecule has 2 aromatic heterocycles. The fourth-order valence-corrected chi connectivity index (χ4v) is 4.24. The van der Waals surface area contributed by atoms with Gasteiger partial charge in [-0.3, -0.25) is 14.3 Å². The molecular weight excluding hydrogens is 477 g/mol. The van der Waals surface area contributed by atoms with E-state index in [1.54, 1.807) is 23.0 Å². The first-order valence-electron chi connectivity index (χ1n) is 12.3. The SMILES string of the molecule is CC[C@@](O)(Cn1nncc1-c1cccc(Cn2ccc(=O)[nH]c2=O)c1)c1ccc(F)c(OCC2CC2)c1. The number of ether oxygens (including phenoxy) is 1. The normalized spacial score (nSPS) is 14.9. The van der Waals surface area contributed by atoms with Crippen LogP contribution in [0, 0.1) is 11.7 Å². The number of rotatable bonds is 10. The molecule has 1 atom stereocenters. The molecule has 0 radical (unpaired) electrons. The van der Waals surface area contributed by atoms with E-state index in [1.807, 2.05) is 31.2 Å². The van der Waals surface area contributed by atoms with E-state index in [1.165, 1.54) is 22.9 Å². The van der Waals surface area contributed by atoms with Gasteiger partial charge in [-0.25, -0.2) is 13.9 Å². The van der Waals surface area contributed by atoms with Crippen molar-refractivity contribution < 1.29 is 14.2 Å². The highest BCUT2D eigenvalue weighted by molar-refractivity contribution is 5.59. The standard InChI is InChI=1S/C27H28FN5O4/c1-2-27(36,21-8-9-22(28)24(13-21)37-16-18-6-7-18)17-33-23(14-29-31-33)20-5-3-4-19(12-20)15-32-11-10-25(34)30-26(32)35/h3-5,8-14,18,36H,2,6-7,15-17H2,1H3,(H,30,34,35)/t27-/m1/s1. The molecule has 192 valence electrons. The average Bonchev–Trinajstić information content (AvgIpc) is 3.61. The molecular formula is C27H28FN5O4. The second kappa shape index (κ2) is 10.1. The Morgan fingerprint density at radius 2 is 2.03 bits per heavy atom. The number of aromatic nitrogens is 5. The maximum absolute atomic E-state index is 14.4. The van der Waals surface area contributed by atoms with Crippen molar-refractivity contribution >= 4 is 0 Å². The first-order valence-corrected chi connectivity index (χ1v) is 12.3. The highest BCUT2D eigenvalue weighted by Crippen LogP contribution is 2.34. The van der Waals surface area contributed by atoms with Crippen LogP contribution in [0.4, 0.5) is 4.39 Å². The zero-order valence-electron chi connectivity index (χ0n) is 20.4. The first kappa shape index (κ1) is 24.6. The molecule has 0 bridgehead atoms. The van der Waals surface area contributed by atoms with Crippen molar-refractivity contribution in [2.24, 2.45) is 5.92 Å². The summed E-state index contributed by atoms with van der Waals surface area (Å²) in [6.45, 7) is 2.69. The summed E-state index contributed by atoms with van der Waals surface area (Å²) >= 11 is 0. The van der Waals surface area contributed by atoms with E-state index in [9.17, 15) is 19.1 Å². The van der Waals surface area contributed by atoms with E-state index in [2.05, 4.69) is 15.3 Å². The topological polar surface area (TPSA) is 115 Å². The number of hydrogen-bond acceptors (Lipinski definition) is 6. The Balaban J connectivity index is 1.40. The van der Waals surface area contributed by atoms with Gasteiger partial charge in [0, 0.05) is 17.8 Å². The molecule has 1 fully saturated rings. The lowest BCUT2D eigenvalue weighted by Crippen LogP contribution is -2.31. The Labute approximate surface area is 212 Å². The third-order valence-corrected chi connectivity index (χ3v) is 6.73. The van der Waals surface area contributed by atoms with Gasteiger partial charge in [0.25, 0.3) is 5.56 Å². The van der Waals surface area contributed by atoms with Gasteiger partial charge in [-0.05, 0) is 54.5 Å². The number of aromatic amines is 1. The molecule has 4 aromatic rings. The van der Waals surface area contributed by atoms with Crippen LogP contribution in [0.25, 0.3) is 11.3 Å². The predicted molar refractivity (Wildman–Crippen MR) is 135 cm³/mol. The summed E-state index contributed by atoms with van der Waals surface area (Å²) in [6.07, 6.45) is 5.61. The summed E-state index contributed by atoms with van der Waals surface area (Å²) in [5.74, 6) is 0.160. The largest absolute Gasteiger partial charge is 0.490 e. The Hall–Kier alpha value is -4.05. The molecule has 2 N–H and O–H groups in total. The van der Waals surface area contributed by atoms with Crippen molar-refractivity contribution in [3.63, 3.8) is 0 Å². The highest BCUT2D eigenvalue weighted by atomic mass is 19.1. The summed E-state index contributed by atoms with van der Waals surface area (Å²) in [5.41, 5.74) is 0.569. The Bertz CT molecular complexity index is 1520. The quantitative estimate of drug-likeness (QED) is 0.342. The minimum atomic E-state index is -1.34. The molecule has 2 heterocycles. The van der Waals surface area contributed by atoms with Crippen LogP contribution >= 0.6 is 0 Å². The van der Waals surface area contributed by atoms with Gasteiger partial charge in [0.05, 0.1) is 31.6 Å². The van der Waals surface area contributed by atoms with E-state index in [-0.39, 0.29) is 18.8 Å². The number of hydrogen-bond donors (Lipinski definition) is 2. The van der Waals surface area contributed by atoms with E-state index < -0.39 is 22.7 Å². The van der Waals surface area contributed by atoms with Crippen molar-refractivity contribution in [3.8, 4) is 17.0 Å². The maximum atomic E-state index is 14.4. The van der Waals surface area contributed by atoms with Crippen LogP contribution in [-0.4, -0.2) is 36.3 Å². The van der Waals surface area contributed by atoms with Crippen LogP contribution in [0.1, 0.15) is 37.3 Å². The Morgan fingerprint density at radius 3 is 2.78 bits per heavy atom. The molecule has 5 rings (SSSR count). The van der Waals surface area contributed by atoms with Gasteiger partial charge in [-0.1, -0.05) is 36.4 Å². The lowest BCUT2D eigenvalue weighted by Gasteiger charge is -2.28. The zero-order chi connectivity index (χ0) is 26.0. The minimum Gasteiger partial charge on any atom is -0.490 e. The van der Waals surface area contributed by atoms with Crippen LogP contribution < -0.4 is 16.0 Å². The van der Waals surface area contributed by atoms with Crippen molar-refractivity contribution in [1.29, 1.82) is 0 Å². The van der Waals surface area contributed by atoms with Crippen molar-refractivity contribution in [2.75, 3.05) is 6.61 Å². The Kier molecular flexibility index (Phi) is 6.75. The summed E-state index contributed by atoms with van der Waals surface area (Å²) in [5, 5.41) is 19.9. The number of nitrogens with one attached hydrogen (secondary N) is 1. The molecule has 2 aromatic carbocycles. The lowest BCUT2D eigenvalue weighted by molar-refractivity contribution is 0.0107. The van der Waals surface area contributed by atoms with Crippen LogP contribution in [0.15, 0.2) is 70.5 Å². The number of nitrogens with zero attached hydrogens (tertiary/aromatic N) is 4. The fraction of sp³-hybridized carbons (Fsp3) is 0.333. The minimum absolute atomic E-state index is 0.0934. The summed E-state index contributed by atoms with van der Waals surface area (Å²) < 4.78 is 23.1. The molecule has 10 heteroatoms. The smallest absolute Gasteiger partial charge is 0.328 e. The summed E-state index contributed by atoms with van der Waals surface area (Å²) in [4.78, 5) is 25.7. The molecule has 37 heavy (non-hydrogen) atoms. The summed E-state index contributed by atoms with van der Waals surface area (Å²) in [7, 11) is 0. The van der Waals surface area contributed by atoms with Crippen LogP contribution in [0.2, 0.25) is 0 Å². The molecule has 1 aliphatic carbocycles. The van der Waals surface area contributed by atoms with E-state index in [0.717, 1.165) is 24.0 Å². The molecule has 0 spiro atoms. The average molecular weight is 506 g/mol. The second-order valence-corrected chi connectivity index (χ2v) is 9.50. The molecule has 0 aliphatic heterocycles. The maximum Gasteiger partial charge on any atom is 0.328 e. The first-order chi connectivity index (χ1) is 17.8. The van der Waals surface area contributed by atoms with Gasteiger partial charge in [0.1, 0.15) is 5.60 Å². The van der Waals surface area contributed by atoms with Gasteiger partial charge in [0.15, 0.2) is 11.6 Å². The lowest BCUT2D eigenvalue weighted by atomic mass is 9.90. The van der Waals surface area contributed by atoms with Crippen LogP contribution in [-0.2, 0) is 18.7 Å². The van der Waals surface area contributed by atoms with Gasteiger partial charge in [0.2, 0.25) is 0 Å². The third-order valence-electron chi connectivity index (χ3n) is 6.73. The predicted octanol–water partition coefficient (Wildman–Crippen LogP) is 3.07. The van der Waals surface area contributed by atoms with Crippen LogP contribution in [0.3, 0.4) is 0 Å². The number of halogens is 1. The second-order valence-electron chi connectivity index (χ2n) is 9.50. The van der Waals surface area contributed by atoms with Crippen molar-refractivity contribution in [2.45, 2.75) is 44.9 Å². The number of H-pyrrole nitrogens is 1. The molecule has 0 amide bonds. The highest BCUT2D eigenvalue weighted by Gasteiger charge is 2.31. The molecule has 1 aliphatic rings.